The molecule has 1 amide bonds. The van der Waals surface area contributed by atoms with E-state index in [0.29, 0.717) is 29.7 Å². The second-order valence-electron chi connectivity index (χ2n) is 8.89. The number of aromatic nitrogens is 2. The summed E-state index contributed by atoms with van der Waals surface area (Å²) >= 11 is 1.51. The van der Waals surface area contributed by atoms with Gasteiger partial charge >= 0.3 is 0 Å². The molecule has 3 heterocycles. The van der Waals surface area contributed by atoms with Crippen molar-refractivity contribution in [1.82, 2.24) is 9.78 Å². The predicted octanol–water partition coefficient (Wildman–Crippen LogP) is 4.20. The third kappa shape index (κ3) is 4.03. The van der Waals surface area contributed by atoms with Crippen molar-refractivity contribution in [3.63, 3.8) is 0 Å². The van der Waals surface area contributed by atoms with Crippen LogP contribution in [0.3, 0.4) is 0 Å². The van der Waals surface area contributed by atoms with Gasteiger partial charge in [-0.25, -0.2) is 0 Å². The van der Waals surface area contributed by atoms with Crippen LogP contribution >= 0.6 is 11.8 Å². The number of benzene rings is 1. The lowest BCUT2D eigenvalue weighted by Crippen LogP contribution is -2.36. The molecular formula is C22H29N3O3S. The number of carbonyl (C=O) groups excluding carboxylic acids is 1. The zero-order valence-corrected chi connectivity index (χ0v) is 18.3. The zero-order valence-electron chi connectivity index (χ0n) is 17.5. The average molecular weight is 416 g/mol. The van der Waals surface area contributed by atoms with E-state index in [-0.39, 0.29) is 28.4 Å². The molecule has 7 heteroatoms. The van der Waals surface area contributed by atoms with Gasteiger partial charge in [0.2, 0.25) is 5.91 Å². The highest BCUT2D eigenvalue weighted by Crippen LogP contribution is 2.42. The van der Waals surface area contributed by atoms with E-state index in [1.807, 2.05) is 4.68 Å². The standard InChI is InChI=1S/C22H29N3O3S/c1-13(2)14-5-7-15(8-6-14)19-18-20(23-17(26)12-29-19)25(24-21(18)27)16-9-10-28-22(3,4)11-16/h5-8,13,16,19H,9-12H2,1-4H3,(H,23,26)(H,24,27)/t16-,19-/m1/s1. The summed E-state index contributed by atoms with van der Waals surface area (Å²) in [5.41, 5.74) is 2.57. The minimum absolute atomic E-state index is 0.0726. The third-order valence-corrected chi connectivity index (χ3v) is 7.08. The fourth-order valence-corrected chi connectivity index (χ4v) is 5.38. The predicted molar refractivity (Wildman–Crippen MR) is 117 cm³/mol. The van der Waals surface area contributed by atoms with Crippen LogP contribution in [0.25, 0.3) is 0 Å². The molecule has 0 radical (unpaired) electrons. The van der Waals surface area contributed by atoms with Crippen molar-refractivity contribution in [3.8, 4) is 0 Å². The number of carbonyl (C=O) groups is 1. The Kier molecular flexibility index (Phi) is 5.38. The molecule has 0 unspecified atom stereocenters. The van der Waals surface area contributed by atoms with E-state index >= 15 is 0 Å². The van der Waals surface area contributed by atoms with Gasteiger partial charge in [0.05, 0.1) is 28.2 Å². The maximum Gasteiger partial charge on any atom is 0.270 e. The fourth-order valence-electron chi connectivity index (χ4n) is 4.26. The number of fused-ring (bicyclic) bond motifs is 1. The van der Waals surface area contributed by atoms with E-state index in [1.54, 1.807) is 0 Å². The largest absolute Gasteiger partial charge is 0.375 e. The molecule has 2 aromatic rings. The lowest BCUT2D eigenvalue weighted by molar-refractivity contribution is -0.113. The minimum atomic E-state index is -0.257. The van der Waals surface area contributed by atoms with Crippen LogP contribution in [0.1, 0.15) is 74.4 Å². The minimum Gasteiger partial charge on any atom is -0.375 e. The molecule has 0 saturated carbocycles. The molecule has 2 aliphatic heterocycles. The molecule has 2 atom stereocenters. The van der Waals surface area contributed by atoms with Crippen LogP contribution in [0.5, 0.6) is 0 Å². The summed E-state index contributed by atoms with van der Waals surface area (Å²) in [6.45, 7) is 9.09. The Labute approximate surface area is 175 Å². The summed E-state index contributed by atoms with van der Waals surface area (Å²) < 4.78 is 7.71. The molecule has 1 fully saturated rings. The topological polar surface area (TPSA) is 76.1 Å². The number of hydrogen-bond donors (Lipinski definition) is 2. The Hall–Kier alpha value is -1.99. The number of aromatic amines is 1. The molecule has 1 saturated heterocycles. The summed E-state index contributed by atoms with van der Waals surface area (Å²) in [7, 11) is 0. The first-order valence-corrected chi connectivity index (χ1v) is 11.3. The molecule has 2 N–H and O–H groups in total. The maximum absolute atomic E-state index is 13.0. The smallest absolute Gasteiger partial charge is 0.270 e. The van der Waals surface area contributed by atoms with Crippen LogP contribution in [0.2, 0.25) is 0 Å². The second kappa shape index (κ2) is 7.69. The van der Waals surface area contributed by atoms with Crippen molar-refractivity contribution < 1.29 is 9.53 Å². The van der Waals surface area contributed by atoms with Gasteiger partial charge in [0.25, 0.3) is 5.56 Å². The Bertz CT molecular complexity index is 959. The number of nitrogens with zero attached hydrogens (tertiary/aromatic N) is 1. The number of H-pyrrole nitrogens is 1. The normalized spacial score (nSPS) is 24.1. The molecule has 0 spiro atoms. The Morgan fingerprint density at radius 1 is 1.21 bits per heavy atom. The second-order valence-corrected chi connectivity index (χ2v) is 9.98. The molecule has 29 heavy (non-hydrogen) atoms. The number of nitrogens with one attached hydrogen (secondary N) is 2. The van der Waals surface area contributed by atoms with E-state index < -0.39 is 0 Å². The molecular weight excluding hydrogens is 386 g/mol. The van der Waals surface area contributed by atoms with Crippen molar-refractivity contribution in [2.24, 2.45) is 0 Å². The van der Waals surface area contributed by atoms with Gasteiger partial charge < -0.3 is 10.1 Å². The van der Waals surface area contributed by atoms with Gasteiger partial charge in [-0.2, -0.15) is 0 Å². The number of amides is 1. The van der Waals surface area contributed by atoms with Gasteiger partial charge in [-0.1, -0.05) is 38.1 Å². The summed E-state index contributed by atoms with van der Waals surface area (Å²) in [4.78, 5) is 25.5. The van der Waals surface area contributed by atoms with Crippen molar-refractivity contribution in [2.75, 3.05) is 17.7 Å². The quantitative estimate of drug-likeness (QED) is 0.788. The van der Waals surface area contributed by atoms with Gasteiger partial charge in [-0.3, -0.25) is 19.4 Å². The highest BCUT2D eigenvalue weighted by molar-refractivity contribution is 8.00. The van der Waals surface area contributed by atoms with Crippen LogP contribution in [-0.4, -0.2) is 33.6 Å². The monoisotopic (exact) mass is 415 g/mol. The van der Waals surface area contributed by atoms with Crippen molar-refractivity contribution in [1.29, 1.82) is 0 Å². The van der Waals surface area contributed by atoms with Crippen LogP contribution < -0.4 is 10.9 Å². The Morgan fingerprint density at radius 3 is 2.59 bits per heavy atom. The first-order valence-electron chi connectivity index (χ1n) is 10.2. The third-order valence-electron chi connectivity index (χ3n) is 5.81. The highest BCUT2D eigenvalue weighted by Gasteiger charge is 2.35. The van der Waals surface area contributed by atoms with E-state index in [9.17, 15) is 9.59 Å². The first-order chi connectivity index (χ1) is 13.7. The van der Waals surface area contributed by atoms with Gasteiger partial charge in [0.1, 0.15) is 5.82 Å². The van der Waals surface area contributed by atoms with Gasteiger partial charge in [0.15, 0.2) is 0 Å². The van der Waals surface area contributed by atoms with Crippen LogP contribution in [0.4, 0.5) is 5.82 Å². The SMILES string of the molecule is CC(C)c1ccc([C@H]2SCC(=O)Nc3c2c(=O)[nH]n3[C@@H]2CCOC(C)(C)C2)cc1. The van der Waals surface area contributed by atoms with E-state index in [1.165, 1.54) is 17.3 Å². The molecule has 0 bridgehead atoms. The van der Waals surface area contributed by atoms with Crippen LogP contribution in [0, 0.1) is 0 Å². The Balaban J connectivity index is 1.76. The zero-order chi connectivity index (χ0) is 20.8. The summed E-state index contributed by atoms with van der Waals surface area (Å²) in [5.74, 6) is 1.32. The van der Waals surface area contributed by atoms with Gasteiger partial charge in [-0.15, -0.1) is 11.8 Å². The molecule has 0 aliphatic carbocycles. The lowest BCUT2D eigenvalue weighted by atomic mass is 9.94. The molecule has 2 aliphatic rings. The highest BCUT2D eigenvalue weighted by atomic mass is 32.2. The Morgan fingerprint density at radius 2 is 1.93 bits per heavy atom. The first kappa shape index (κ1) is 20.3. The number of thioether (sulfide) groups is 1. The summed E-state index contributed by atoms with van der Waals surface area (Å²) in [6.07, 6.45) is 1.58. The number of hydrogen-bond acceptors (Lipinski definition) is 4. The van der Waals surface area contributed by atoms with Crippen LogP contribution in [0.15, 0.2) is 29.1 Å². The summed E-state index contributed by atoms with van der Waals surface area (Å²) in [6, 6.07) is 8.49. The van der Waals surface area contributed by atoms with Crippen molar-refractivity contribution in [2.45, 2.75) is 63.3 Å². The van der Waals surface area contributed by atoms with Crippen LogP contribution in [-0.2, 0) is 9.53 Å². The molecule has 1 aromatic heterocycles. The molecule has 4 rings (SSSR count). The lowest BCUT2D eigenvalue weighted by Gasteiger charge is -2.36. The van der Waals surface area contributed by atoms with Crippen molar-refractivity contribution in [3.05, 3.63) is 51.3 Å². The van der Waals surface area contributed by atoms with Gasteiger partial charge in [-0.05, 0) is 43.7 Å². The molecule has 6 nitrogen and oxygen atoms in total. The fraction of sp³-hybridized carbons (Fsp3) is 0.545. The number of ether oxygens (including phenoxy) is 1. The van der Waals surface area contributed by atoms with E-state index in [2.05, 4.69) is 62.4 Å². The maximum atomic E-state index is 13.0. The van der Waals surface area contributed by atoms with Crippen molar-refractivity contribution >= 4 is 23.5 Å². The van der Waals surface area contributed by atoms with E-state index in [4.69, 9.17) is 4.74 Å². The number of anilines is 1. The van der Waals surface area contributed by atoms with E-state index in [0.717, 1.165) is 18.4 Å². The van der Waals surface area contributed by atoms with Gasteiger partial charge in [0, 0.05) is 6.61 Å². The average Bonchev–Trinajstić information content (AvgIpc) is 2.87. The number of rotatable bonds is 3. The summed E-state index contributed by atoms with van der Waals surface area (Å²) in [5, 5.41) is 5.84. The molecule has 156 valence electrons. The molecule has 1 aromatic carbocycles.